The highest BCUT2D eigenvalue weighted by atomic mass is 35.5. The minimum absolute atomic E-state index is 0. The zero-order valence-corrected chi connectivity index (χ0v) is 7.70. The first-order chi connectivity index (χ1) is 4.74. The second-order valence-electron chi connectivity index (χ2n) is 2.52. The molecule has 0 aromatic rings. The summed E-state index contributed by atoms with van der Waals surface area (Å²) in [6.07, 6.45) is 0.905. The number of halogens is 2. The Bertz CT molecular complexity index is 143. The Hall–Kier alpha value is 0.01000. The lowest BCUT2D eigenvalue weighted by atomic mass is 10.3. The van der Waals surface area contributed by atoms with Crippen LogP contribution in [0.1, 0.15) is 6.42 Å². The fourth-order valence-electron chi connectivity index (χ4n) is 1.10. The van der Waals surface area contributed by atoms with Crippen molar-refractivity contribution in [2.75, 3.05) is 19.0 Å². The van der Waals surface area contributed by atoms with E-state index in [9.17, 15) is 4.79 Å². The van der Waals surface area contributed by atoms with Gasteiger partial charge in [-0.2, -0.15) is 0 Å². The number of hydrogen-bond acceptors (Lipinski definition) is 2. The molecule has 2 N–H and O–H groups in total. The van der Waals surface area contributed by atoms with Crippen LogP contribution in [0.25, 0.3) is 0 Å². The minimum atomic E-state index is -0.00498. The Morgan fingerprint density at radius 2 is 2.36 bits per heavy atom. The molecule has 1 atom stereocenters. The van der Waals surface area contributed by atoms with Crippen molar-refractivity contribution in [2.24, 2.45) is 5.73 Å². The third-order valence-corrected chi connectivity index (χ3v) is 1.92. The van der Waals surface area contributed by atoms with Gasteiger partial charge in [-0.1, -0.05) is 0 Å². The summed E-state index contributed by atoms with van der Waals surface area (Å²) in [6.45, 7) is 1.44. The molecule has 1 heterocycles. The summed E-state index contributed by atoms with van der Waals surface area (Å²) in [4.78, 5) is 12.6. The maximum absolute atomic E-state index is 10.9. The van der Waals surface area contributed by atoms with Crippen molar-refractivity contribution in [1.29, 1.82) is 0 Å². The average Bonchev–Trinajstić information content (AvgIpc) is 2.34. The molecule has 66 valence electrons. The lowest BCUT2D eigenvalue weighted by Gasteiger charge is -2.12. The number of amides is 1. The largest absolute Gasteiger partial charge is 0.340 e. The van der Waals surface area contributed by atoms with E-state index in [0.29, 0.717) is 6.54 Å². The lowest BCUT2D eigenvalue weighted by Crippen LogP contribution is -2.32. The van der Waals surface area contributed by atoms with Crippen LogP contribution in [0.5, 0.6) is 0 Å². The van der Waals surface area contributed by atoms with E-state index < -0.39 is 0 Å². The molecule has 5 heteroatoms. The fraction of sp³-hybridized carbons (Fsp3) is 0.833. The predicted octanol–water partition coefficient (Wildman–Crippen LogP) is 0.207. The number of nitrogens with two attached hydrogens (primary N) is 1. The summed E-state index contributed by atoms with van der Waals surface area (Å²) < 4.78 is 0. The molecule has 1 saturated heterocycles. The van der Waals surface area contributed by atoms with Crippen LogP contribution in [0.2, 0.25) is 0 Å². The van der Waals surface area contributed by atoms with Gasteiger partial charge >= 0.3 is 0 Å². The van der Waals surface area contributed by atoms with Crippen LogP contribution in [0.4, 0.5) is 0 Å². The highest BCUT2D eigenvalue weighted by Gasteiger charge is 2.22. The number of nitrogens with zero attached hydrogens (tertiary/aromatic N) is 1. The molecule has 1 aliphatic heterocycles. The molecule has 0 bridgehead atoms. The average molecular weight is 199 g/mol. The predicted molar refractivity (Wildman–Crippen MR) is 47.1 cm³/mol. The quantitative estimate of drug-likeness (QED) is 0.613. The third kappa shape index (κ3) is 2.85. The number of alkyl halides is 1. The van der Waals surface area contributed by atoms with Gasteiger partial charge in [0.25, 0.3) is 0 Å². The molecule has 1 unspecified atom stereocenters. The number of carbonyl (C=O) groups is 1. The van der Waals surface area contributed by atoms with Crippen molar-refractivity contribution in [3.63, 3.8) is 0 Å². The van der Waals surface area contributed by atoms with Crippen molar-refractivity contribution in [3.8, 4) is 0 Å². The highest BCUT2D eigenvalue weighted by molar-refractivity contribution is 6.27. The summed E-state index contributed by atoms with van der Waals surface area (Å²) in [5.74, 6) is 0.0711. The molecule has 1 fully saturated rings. The van der Waals surface area contributed by atoms with Crippen molar-refractivity contribution >= 4 is 29.9 Å². The van der Waals surface area contributed by atoms with E-state index in [1.807, 2.05) is 0 Å². The van der Waals surface area contributed by atoms with E-state index in [2.05, 4.69) is 0 Å². The Morgan fingerprint density at radius 1 is 1.73 bits per heavy atom. The molecule has 11 heavy (non-hydrogen) atoms. The maximum Gasteiger partial charge on any atom is 0.237 e. The Morgan fingerprint density at radius 3 is 2.73 bits per heavy atom. The second kappa shape index (κ2) is 4.80. The van der Waals surface area contributed by atoms with E-state index >= 15 is 0 Å². The van der Waals surface area contributed by atoms with Crippen molar-refractivity contribution < 1.29 is 4.79 Å². The molecule has 0 spiro atoms. The summed E-state index contributed by atoms with van der Waals surface area (Å²) in [5, 5.41) is 0. The van der Waals surface area contributed by atoms with Gasteiger partial charge in [-0.15, -0.1) is 24.0 Å². The van der Waals surface area contributed by atoms with Crippen LogP contribution in [-0.2, 0) is 4.79 Å². The smallest absolute Gasteiger partial charge is 0.237 e. The summed E-state index contributed by atoms with van der Waals surface area (Å²) in [5.41, 5.74) is 5.58. The zero-order valence-electron chi connectivity index (χ0n) is 6.12. The van der Waals surface area contributed by atoms with Crippen LogP contribution >= 0.6 is 24.0 Å². The molecular formula is C6H12Cl2N2O. The molecule has 0 radical (unpaired) electrons. The van der Waals surface area contributed by atoms with Crippen molar-refractivity contribution in [1.82, 2.24) is 4.90 Å². The summed E-state index contributed by atoms with van der Waals surface area (Å²) >= 11 is 5.35. The second-order valence-corrected chi connectivity index (χ2v) is 2.79. The van der Waals surface area contributed by atoms with Gasteiger partial charge < -0.3 is 10.6 Å². The first-order valence-electron chi connectivity index (χ1n) is 3.33. The van der Waals surface area contributed by atoms with E-state index in [4.69, 9.17) is 17.3 Å². The third-order valence-electron chi connectivity index (χ3n) is 1.69. The van der Waals surface area contributed by atoms with Crippen LogP contribution in [0, 0.1) is 0 Å². The molecule has 0 saturated carbocycles. The normalized spacial score (nSPS) is 23.1. The zero-order chi connectivity index (χ0) is 7.56. The van der Waals surface area contributed by atoms with Gasteiger partial charge in [0.1, 0.15) is 5.88 Å². The molecule has 0 aromatic heterocycles. The molecule has 3 nitrogen and oxygen atoms in total. The first-order valence-corrected chi connectivity index (χ1v) is 3.87. The van der Waals surface area contributed by atoms with E-state index in [1.165, 1.54) is 0 Å². The van der Waals surface area contributed by atoms with Gasteiger partial charge in [0.15, 0.2) is 0 Å². The number of hydrogen-bond donors (Lipinski definition) is 1. The van der Waals surface area contributed by atoms with Crippen molar-refractivity contribution in [3.05, 3.63) is 0 Å². The number of rotatable bonds is 1. The molecule has 1 aliphatic rings. The maximum atomic E-state index is 10.9. The first kappa shape index (κ1) is 11.0. The van der Waals surface area contributed by atoms with Gasteiger partial charge in [0, 0.05) is 19.1 Å². The van der Waals surface area contributed by atoms with Crippen LogP contribution in [-0.4, -0.2) is 35.8 Å². The van der Waals surface area contributed by atoms with Gasteiger partial charge in [-0.3, -0.25) is 4.79 Å². The Kier molecular flexibility index (Phi) is 4.81. The highest BCUT2D eigenvalue weighted by Crippen LogP contribution is 2.06. The lowest BCUT2D eigenvalue weighted by molar-refractivity contribution is -0.127. The van der Waals surface area contributed by atoms with E-state index in [-0.39, 0.29) is 30.2 Å². The standard InChI is InChI=1S/C6H11ClN2O.ClH/c7-3-6(10)9-2-1-5(8)4-9;/h5H,1-4,8H2;1H. The number of likely N-dealkylation sites (tertiary alicyclic amines) is 1. The number of carbonyl (C=O) groups excluding carboxylic acids is 1. The molecule has 0 aliphatic carbocycles. The Balaban J connectivity index is 0.000001000. The van der Waals surface area contributed by atoms with E-state index in [0.717, 1.165) is 13.0 Å². The fourth-order valence-corrected chi connectivity index (χ4v) is 1.27. The van der Waals surface area contributed by atoms with Gasteiger partial charge in [0.2, 0.25) is 5.91 Å². The van der Waals surface area contributed by atoms with Crippen LogP contribution < -0.4 is 5.73 Å². The topological polar surface area (TPSA) is 46.3 Å². The van der Waals surface area contributed by atoms with Gasteiger partial charge in [-0.25, -0.2) is 0 Å². The monoisotopic (exact) mass is 198 g/mol. The van der Waals surface area contributed by atoms with Gasteiger partial charge in [0.05, 0.1) is 0 Å². The van der Waals surface area contributed by atoms with Crippen LogP contribution in [0.3, 0.4) is 0 Å². The summed E-state index contributed by atoms with van der Waals surface area (Å²) in [7, 11) is 0. The molecule has 0 aromatic carbocycles. The van der Waals surface area contributed by atoms with E-state index in [1.54, 1.807) is 4.90 Å². The minimum Gasteiger partial charge on any atom is -0.340 e. The van der Waals surface area contributed by atoms with Crippen molar-refractivity contribution in [2.45, 2.75) is 12.5 Å². The Labute approximate surface area is 77.3 Å². The van der Waals surface area contributed by atoms with Gasteiger partial charge in [-0.05, 0) is 6.42 Å². The van der Waals surface area contributed by atoms with Crippen LogP contribution in [0.15, 0.2) is 0 Å². The molecule has 1 rings (SSSR count). The SMILES string of the molecule is Cl.NC1CCN(C(=O)CCl)C1. The molecule has 1 amide bonds. The summed E-state index contributed by atoms with van der Waals surface area (Å²) in [6, 6.07) is 0.159. The molecular weight excluding hydrogens is 187 g/mol.